The van der Waals surface area contributed by atoms with E-state index in [2.05, 4.69) is 22.9 Å². The molecule has 0 aliphatic rings. The van der Waals surface area contributed by atoms with E-state index >= 15 is 0 Å². The second kappa shape index (κ2) is 12.4. The van der Waals surface area contributed by atoms with Crippen molar-refractivity contribution in [3.8, 4) is 0 Å². The fourth-order valence-corrected chi connectivity index (χ4v) is 3.82. The maximum absolute atomic E-state index is 12.3. The van der Waals surface area contributed by atoms with Crippen LogP contribution in [0.1, 0.15) is 84.9 Å². The third-order valence-corrected chi connectivity index (χ3v) is 5.49. The lowest BCUT2D eigenvalue weighted by Gasteiger charge is -2.07. The maximum Gasteiger partial charge on any atom is 0.339 e. The number of hydrogen-bond donors (Lipinski definition) is 4. The summed E-state index contributed by atoms with van der Waals surface area (Å²) >= 11 is 0.991. The van der Waals surface area contributed by atoms with E-state index in [0.29, 0.717) is 23.5 Å². The van der Waals surface area contributed by atoms with Crippen molar-refractivity contribution in [1.82, 2.24) is 10.6 Å². The van der Waals surface area contributed by atoms with Crippen LogP contribution in [0.4, 0.5) is 9.80 Å². The van der Waals surface area contributed by atoms with Crippen LogP contribution in [0, 0.1) is 12.8 Å². The molecule has 1 aromatic heterocycles. The minimum Gasteiger partial charge on any atom is -0.478 e. The first-order chi connectivity index (χ1) is 13.3. The molecule has 0 bridgehead atoms. The number of carbonyl (C=O) groups is 3. The van der Waals surface area contributed by atoms with Gasteiger partial charge in [0.25, 0.3) is 5.91 Å². The van der Waals surface area contributed by atoms with Crippen LogP contribution in [0.5, 0.6) is 0 Å². The zero-order chi connectivity index (χ0) is 21.1. The molecule has 1 aromatic rings. The molecule has 0 saturated heterocycles. The number of nitrogens with one attached hydrogen (secondary N) is 3. The smallest absolute Gasteiger partial charge is 0.339 e. The van der Waals surface area contributed by atoms with E-state index in [-0.39, 0.29) is 22.4 Å². The molecule has 0 spiro atoms. The number of rotatable bonds is 12. The predicted molar refractivity (Wildman–Crippen MR) is 114 cm³/mol. The lowest BCUT2D eigenvalue weighted by molar-refractivity contribution is 0.0697. The quantitative estimate of drug-likeness (QED) is 0.376. The zero-order valence-electron chi connectivity index (χ0n) is 17.3. The standard InChI is InChI=1S/C20H33N3O4S/c1-5-6-7-8-9-10-11-21-20(27)23-18-15(19(25)26)14(4)16(28-18)17(24)22-12-13(2)3/h13H,5-12H2,1-4H3,(H,22,24)(H,25,26)(H2,21,23,27). The monoisotopic (exact) mass is 411 g/mol. The number of urea groups is 1. The van der Waals surface area contributed by atoms with Crippen LogP contribution >= 0.6 is 11.3 Å². The maximum atomic E-state index is 12.3. The van der Waals surface area contributed by atoms with Crippen molar-refractivity contribution >= 4 is 34.2 Å². The number of carboxylic acids is 1. The molecule has 0 fully saturated rings. The summed E-state index contributed by atoms with van der Waals surface area (Å²) in [7, 11) is 0. The van der Waals surface area contributed by atoms with E-state index in [0.717, 1.165) is 30.6 Å². The number of thiophene rings is 1. The number of unbranched alkanes of at least 4 members (excludes halogenated alkanes) is 5. The topological polar surface area (TPSA) is 108 Å². The molecule has 4 N–H and O–H groups in total. The Bertz CT molecular complexity index is 671. The van der Waals surface area contributed by atoms with Gasteiger partial charge in [-0.3, -0.25) is 10.1 Å². The predicted octanol–water partition coefficient (Wildman–Crippen LogP) is 4.62. The van der Waals surface area contributed by atoms with Crippen LogP contribution in [-0.2, 0) is 0 Å². The average Bonchev–Trinajstić information content (AvgIpc) is 2.95. The van der Waals surface area contributed by atoms with Gasteiger partial charge in [0.1, 0.15) is 5.00 Å². The number of carboxylic acid groups (broad SMARTS) is 1. The Balaban J connectivity index is 2.66. The molecular weight excluding hydrogens is 378 g/mol. The molecule has 28 heavy (non-hydrogen) atoms. The van der Waals surface area contributed by atoms with Crippen molar-refractivity contribution < 1.29 is 19.5 Å². The molecule has 0 unspecified atom stereocenters. The molecule has 0 atom stereocenters. The van der Waals surface area contributed by atoms with Crippen LogP contribution in [0.15, 0.2) is 0 Å². The first-order valence-corrected chi connectivity index (χ1v) is 10.8. The van der Waals surface area contributed by atoms with Crippen molar-refractivity contribution in [2.75, 3.05) is 18.4 Å². The van der Waals surface area contributed by atoms with Crippen molar-refractivity contribution in [2.45, 2.75) is 66.2 Å². The van der Waals surface area contributed by atoms with Crippen molar-refractivity contribution in [3.05, 3.63) is 16.0 Å². The highest BCUT2D eigenvalue weighted by Crippen LogP contribution is 2.33. The fourth-order valence-electron chi connectivity index (χ4n) is 2.71. The van der Waals surface area contributed by atoms with Crippen LogP contribution in [0.2, 0.25) is 0 Å². The minimum absolute atomic E-state index is 0.0330. The third kappa shape index (κ3) is 7.88. The number of carbonyl (C=O) groups excluding carboxylic acids is 2. The van der Waals surface area contributed by atoms with Crippen molar-refractivity contribution in [2.24, 2.45) is 5.92 Å². The van der Waals surface area contributed by atoms with Gasteiger partial charge in [-0.25, -0.2) is 9.59 Å². The van der Waals surface area contributed by atoms with E-state index in [1.165, 1.54) is 19.3 Å². The normalized spacial score (nSPS) is 10.8. The Morgan fingerprint density at radius 1 is 1.04 bits per heavy atom. The van der Waals surface area contributed by atoms with Crippen LogP contribution in [0.3, 0.4) is 0 Å². The molecular formula is C20H33N3O4S. The second-order valence-electron chi connectivity index (χ2n) is 7.32. The summed E-state index contributed by atoms with van der Waals surface area (Å²) in [6, 6.07) is -0.452. The van der Waals surface area contributed by atoms with Crippen LogP contribution in [0.25, 0.3) is 0 Å². The molecule has 7 nitrogen and oxygen atoms in total. The third-order valence-electron chi connectivity index (χ3n) is 4.28. The summed E-state index contributed by atoms with van der Waals surface area (Å²) in [5.74, 6) is -1.20. The largest absolute Gasteiger partial charge is 0.478 e. The van der Waals surface area contributed by atoms with E-state index < -0.39 is 12.0 Å². The van der Waals surface area contributed by atoms with E-state index in [1.807, 2.05) is 13.8 Å². The highest BCUT2D eigenvalue weighted by atomic mass is 32.1. The first-order valence-electron chi connectivity index (χ1n) is 9.97. The number of amides is 3. The summed E-state index contributed by atoms with van der Waals surface area (Å²) < 4.78 is 0. The number of aromatic carboxylic acids is 1. The van der Waals surface area contributed by atoms with Gasteiger partial charge in [0, 0.05) is 13.1 Å². The SMILES string of the molecule is CCCCCCCCNC(=O)Nc1sc(C(=O)NCC(C)C)c(C)c1C(=O)O. The van der Waals surface area contributed by atoms with Gasteiger partial charge in [-0.15, -0.1) is 11.3 Å². The zero-order valence-corrected chi connectivity index (χ0v) is 18.1. The molecule has 0 aromatic carbocycles. The summed E-state index contributed by atoms with van der Waals surface area (Å²) in [4.78, 5) is 36.4. The van der Waals surface area contributed by atoms with Gasteiger partial charge in [-0.2, -0.15) is 0 Å². The fraction of sp³-hybridized carbons (Fsp3) is 0.650. The molecule has 1 heterocycles. The van der Waals surface area contributed by atoms with Gasteiger partial charge in [0.05, 0.1) is 10.4 Å². The molecule has 158 valence electrons. The van der Waals surface area contributed by atoms with Crippen molar-refractivity contribution in [1.29, 1.82) is 0 Å². The summed E-state index contributed by atoms with van der Waals surface area (Å²) in [5, 5.41) is 17.8. The van der Waals surface area contributed by atoms with Gasteiger partial charge < -0.3 is 15.7 Å². The van der Waals surface area contributed by atoms with Gasteiger partial charge in [0.15, 0.2) is 0 Å². The minimum atomic E-state index is -1.16. The van der Waals surface area contributed by atoms with E-state index in [4.69, 9.17) is 0 Å². The van der Waals surface area contributed by atoms with Crippen LogP contribution in [-0.4, -0.2) is 36.1 Å². The second-order valence-corrected chi connectivity index (χ2v) is 8.34. The molecule has 0 radical (unpaired) electrons. The first kappa shape index (κ1) is 23.9. The number of anilines is 1. The van der Waals surface area contributed by atoms with Gasteiger partial charge in [0.2, 0.25) is 0 Å². The Morgan fingerprint density at radius 3 is 2.29 bits per heavy atom. The molecule has 0 aliphatic heterocycles. The molecule has 3 amide bonds. The summed E-state index contributed by atoms with van der Waals surface area (Å²) in [5.41, 5.74) is 0.333. The van der Waals surface area contributed by atoms with Crippen molar-refractivity contribution in [3.63, 3.8) is 0 Å². The van der Waals surface area contributed by atoms with Gasteiger partial charge >= 0.3 is 12.0 Å². The Hall–Kier alpha value is -2.09. The summed E-state index contributed by atoms with van der Waals surface area (Å²) in [6.45, 7) is 8.75. The van der Waals surface area contributed by atoms with Crippen LogP contribution < -0.4 is 16.0 Å². The van der Waals surface area contributed by atoms with E-state index in [1.54, 1.807) is 6.92 Å². The van der Waals surface area contributed by atoms with Gasteiger partial charge in [-0.05, 0) is 24.8 Å². The highest BCUT2D eigenvalue weighted by Gasteiger charge is 2.25. The van der Waals surface area contributed by atoms with E-state index in [9.17, 15) is 19.5 Å². The molecule has 1 rings (SSSR count). The molecule has 0 aliphatic carbocycles. The Kier molecular flexibility index (Phi) is 10.6. The molecule has 0 saturated carbocycles. The lowest BCUT2D eigenvalue weighted by Crippen LogP contribution is -2.29. The van der Waals surface area contributed by atoms with Gasteiger partial charge in [-0.1, -0.05) is 52.9 Å². The highest BCUT2D eigenvalue weighted by molar-refractivity contribution is 7.18. The average molecular weight is 412 g/mol. The Labute approximate surface area is 171 Å². The molecule has 8 heteroatoms. The Morgan fingerprint density at radius 2 is 1.68 bits per heavy atom. The summed E-state index contributed by atoms with van der Waals surface area (Å²) in [6.07, 6.45) is 6.73. The number of hydrogen-bond acceptors (Lipinski definition) is 4. The lowest BCUT2D eigenvalue weighted by atomic mass is 10.1.